The van der Waals surface area contributed by atoms with Gasteiger partial charge in [0.15, 0.2) is 0 Å². The number of phenolic OH excluding ortho intramolecular Hbond substituents is 1. The zero-order chi connectivity index (χ0) is 20.7. The van der Waals surface area contributed by atoms with Gasteiger partial charge in [-0.1, -0.05) is 19.1 Å². The number of aromatic hydroxyl groups is 1. The monoisotopic (exact) mass is 404 g/mol. The molecule has 2 atom stereocenters. The van der Waals surface area contributed by atoms with E-state index < -0.39 is 5.82 Å². The van der Waals surface area contributed by atoms with Gasteiger partial charge in [0.05, 0.1) is 11.2 Å². The van der Waals surface area contributed by atoms with Crippen LogP contribution in [0.1, 0.15) is 19.8 Å². The third-order valence-electron chi connectivity index (χ3n) is 6.41. The van der Waals surface area contributed by atoms with Crippen LogP contribution in [0, 0.1) is 23.6 Å². The van der Waals surface area contributed by atoms with Gasteiger partial charge in [-0.3, -0.25) is 0 Å². The smallest absolute Gasteiger partial charge is 0.125 e. The van der Waals surface area contributed by atoms with Crippen molar-refractivity contribution < 1.29 is 9.50 Å². The molecule has 1 aromatic carbocycles. The summed E-state index contributed by atoms with van der Waals surface area (Å²) in [6.07, 6.45) is 11.3. The van der Waals surface area contributed by atoms with Crippen LogP contribution < -0.4 is 5.32 Å². The first kappa shape index (κ1) is 19.0. The van der Waals surface area contributed by atoms with Gasteiger partial charge >= 0.3 is 0 Å². The van der Waals surface area contributed by atoms with E-state index in [1.165, 1.54) is 31.0 Å². The molecule has 0 radical (unpaired) electrons. The fourth-order valence-electron chi connectivity index (χ4n) is 4.80. The largest absolute Gasteiger partial charge is 0.507 e. The number of allylic oxidation sites excluding steroid dienone is 4. The molecule has 3 heterocycles. The molecule has 5 rings (SSSR count). The van der Waals surface area contributed by atoms with E-state index in [2.05, 4.69) is 45.2 Å². The number of nitrogens with one attached hydrogen (secondary N) is 1. The Bertz CT molecular complexity index is 1140. The maximum absolute atomic E-state index is 13.7. The van der Waals surface area contributed by atoms with Crippen LogP contribution in [0.5, 0.6) is 5.75 Å². The Kier molecular flexibility index (Phi) is 4.87. The average molecular weight is 404 g/mol. The van der Waals surface area contributed by atoms with Crippen molar-refractivity contribution in [2.24, 2.45) is 17.8 Å². The van der Waals surface area contributed by atoms with Gasteiger partial charge in [-0.15, -0.1) is 10.2 Å². The standard InChI is InChI=1S/C24H25FN4O/c1-15-12-18(3-4-19(15)16-6-9-26-10-7-16)29-11-8-21-23(29)14-22(28-27-21)20-13-17(25)2-5-24(20)30/h2-5,8,11-16,19,26,30H,6-7,9-10H2,1H3. The maximum atomic E-state index is 13.7. The molecule has 2 aromatic heterocycles. The second-order valence-electron chi connectivity index (χ2n) is 8.32. The highest BCUT2D eigenvalue weighted by atomic mass is 19.1. The van der Waals surface area contributed by atoms with Crippen molar-refractivity contribution >= 4 is 16.7 Å². The Morgan fingerprint density at radius 2 is 1.97 bits per heavy atom. The zero-order valence-corrected chi connectivity index (χ0v) is 16.9. The fraction of sp³-hybridized carbons (Fsp3) is 0.333. The third-order valence-corrected chi connectivity index (χ3v) is 6.41. The summed E-state index contributed by atoms with van der Waals surface area (Å²) in [5, 5.41) is 22.1. The molecule has 2 N–H and O–H groups in total. The maximum Gasteiger partial charge on any atom is 0.125 e. The number of rotatable bonds is 3. The van der Waals surface area contributed by atoms with Crippen LogP contribution in [0.25, 0.3) is 28.0 Å². The van der Waals surface area contributed by atoms with Gasteiger partial charge in [0.25, 0.3) is 0 Å². The predicted molar refractivity (Wildman–Crippen MR) is 116 cm³/mol. The molecule has 1 saturated heterocycles. The molecule has 2 unspecified atom stereocenters. The van der Waals surface area contributed by atoms with Crippen LogP contribution in [0.15, 0.2) is 54.8 Å². The van der Waals surface area contributed by atoms with Crippen molar-refractivity contribution in [2.75, 3.05) is 13.1 Å². The predicted octanol–water partition coefficient (Wildman–Crippen LogP) is 4.61. The van der Waals surface area contributed by atoms with Gasteiger partial charge in [0.1, 0.15) is 17.1 Å². The summed E-state index contributed by atoms with van der Waals surface area (Å²) in [5.41, 5.74) is 3.53. The lowest BCUT2D eigenvalue weighted by atomic mass is 9.75. The van der Waals surface area contributed by atoms with E-state index in [9.17, 15) is 9.50 Å². The summed E-state index contributed by atoms with van der Waals surface area (Å²) in [4.78, 5) is 0. The Balaban J connectivity index is 1.49. The molecule has 0 saturated carbocycles. The first-order chi connectivity index (χ1) is 14.6. The molecule has 0 amide bonds. The van der Waals surface area contributed by atoms with Gasteiger partial charge in [-0.25, -0.2) is 4.39 Å². The number of piperidine rings is 1. The van der Waals surface area contributed by atoms with Crippen molar-refractivity contribution in [1.82, 2.24) is 20.1 Å². The van der Waals surface area contributed by atoms with E-state index in [0.717, 1.165) is 35.7 Å². The number of hydrogen-bond donors (Lipinski definition) is 2. The summed E-state index contributed by atoms with van der Waals surface area (Å²) >= 11 is 0. The molecule has 1 aliphatic carbocycles. The number of benzene rings is 1. The van der Waals surface area contributed by atoms with Crippen LogP contribution in [0.2, 0.25) is 0 Å². The van der Waals surface area contributed by atoms with Gasteiger partial charge in [-0.05, 0) is 80.1 Å². The molecule has 30 heavy (non-hydrogen) atoms. The quantitative estimate of drug-likeness (QED) is 0.669. The lowest BCUT2D eigenvalue weighted by Gasteiger charge is -2.34. The number of halogens is 1. The van der Waals surface area contributed by atoms with E-state index in [1.54, 1.807) is 0 Å². The van der Waals surface area contributed by atoms with Crippen molar-refractivity contribution in [3.63, 3.8) is 0 Å². The lowest BCUT2D eigenvalue weighted by molar-refractivity contribution is 0.261. The molecule has 3 aromatic rings. The Morgan fingerprint density at radius 3 is 2.77 bits per heavy atom. The molecule has 2 aliphatic rings. The molecular formula is C24H25FN4O. The van der Waals surface area contributed by atoms with Crippen molar-refractivity contribution in [1.29, 1.82) is 0 Å². The second-order valence-corrected chi connectivity index (χ2v) is 8.32. The van der Waals surface area contributed by atoms with E-state index in [1.807, 2.05) is 18.3 Å². The zero-order valence-electron chi connectivity index (χ0n) is 16.9. The fourth-order valence-corrected chi connectivity index (χ4v) is 4.80. The summed E-state index contributed by atoms with van der Waals surface area (Å²) in [5.74, 6) is 1.31. The molecule has 5 nitrogen and oxygen atoms in total. The topological polar surface area (TPSA) is 63.0 Å². The van der Waals surface area contributed by atoms with Crippen molar-refractivity contribution in [3.8, 4) is 17.0 Å². The van der Waals surface area contributed by atoms with Crippen LogP contribution in [0.3, 0.4) is 0 Å². The Morgan fingerprint density at radius 1 is 1.13 bits per heavy atom. The first-order valence-electron chi connectivity index (χ1n) is 10.5. The highest BCUT2D eigenvalue weighted by Crippen LogP contribution is 2.36. The van der Waals surface area contributed by atoms with E-state index in [0.29, 0.717) is 23.1 Å². The Hall–Kier alpha value is -2.99. The number of phenols is 1. The average Bonchev–Trinajstić information content (AvgIpc) is 3.19. The number of fused-ring (bicyclic) bond motifs is 1. The third kappa shape index (κ3) is 3.41. The summed E-state index contributed by atoms with van der Waals surface area (Å²) in [6, 6.07) is 7.63. The minimum absolute atomic E-state index is 0.0154. The van der Waals surface area contributed by atoms with E-state index >= 15 is 0 Å². The van der Waals surface area contributed by atoms with E-state index in [-0.39, 0.29) is 5.75 Å². The van der Waals surface area contributed by atoms with Crippen molar-refractivity contribution in [3.05, 3.63) is 60.6 Å². The second kappa shape index (κ2) is 7.69. The normalized spacial score (nSPS) is 22.4. The highest BCUT2D eigenvalue weighted by molar-refractivity contribution is 5.85. The van der Waals surface area contributed by atoms with Crippen LogP contribution in [-0.2, 0) is 0 Å². The molecule has 6 heteroatoms. The molecule has 1 aliphatic heterocycles. The SMILES string of the molecule is CC1C=C(n2ccc3nnc(-c4cc(F)ccc4O)cc32)C=CC1C1CCNCC1. The molecule has 0 spiro atoms. The van der Waals surface area contributed by atoms with Gasteiger partial charge in [-0.2, -0.15) is 0 Å². The first-order valence-corrected chi connectivity index (χ1v) is 10.5. The molecule has 154 valence electrons. The molecule has 1 fully saturated rings. The minimum atomic E-state index is -0.421. The number of nitrogens with zero attached hydrogens (tertiary/aromatic N) is 3. The number of aromatic nitrogens is 3. The Labute approximate surface area is 174 Å². The van der Waals surface area contributed by atoms with Crippen LogP contribution >= 0.6 is 0 Å². The minimum Gasteiger partial charge on any atom is -0.507 e. The van der Waals surface area contributed by atoms with Gasteiger partial charge < -0.3 is 15.0 Å². The summed E-state index contributed by atoms with van der Waals surface area (Å²) < 4.78 is 15.8. The molecule has 0 bridgehead atoms. The molecular weight excluding hydrogens is 379 g/mol. The summed E-state index contributed by atoms with van der Waals surface area (Å²) in [7, 11) is 0. The summed E-state index contributed by atoms with van der Waals surface area (Å²) in [6.45, 7) is 4.50. The van der Waals surface area contributed by atoms with Crippen LogP contribution in [0.4, 0.5) is 4.39 Å². The van der Waals surface area contributed by atoms with Gasteiger partial charge in [0.2, 0.25) is 0 Å². The van der Waals surface area contributed by atoms with Crippen molar-refractivity contribution in [2.45, 2.75) is 19.8 Å². The van der Waals surface area contributed by atoms with Gasteiger partial charge in [0, 0.05) is 17.5 Å². The number of hydrogen-bond acceptors (Lipinski definition) is 4. The van der Waals surface area contributed by atoms with Crippen LogP contribution in [-0.4, -0.2) is 33.0 Å². The highest BCUT2D eigenvalue weighted by Gasteiger charge is 2.27. The van der Waals surface area contributed by atoms with E-state index in [4.69, 9.17) is 0 Å². The lowest BCUT2D eigenvalue weighted by Crippen LogP contribution is -2.33.